The molecule has 190 valence electrons. The van der Waals surface area contributed by atoms with Crippen LogP contribution in [-0.2, 0) is 14.3 Å². The van der Waals surface area contributed by atoms with Gasteiger partial charge in [0, 0.05) is 11.8 Å². The molecule has 0 bridgehead atoms. The van der Waals surface area contributed by atoms with E-state index in [9.17, 15) is 9.59 Å². The van der Waals surface area contributed by atoms with E-state index in [0.717, 1.165) is 25.7 Å². The standard InChI is InChI=1S/C31H48O3/c1-18(2)20-17-24(34-27(20)33)19(3)21-11-15-31(8)23-9-10-25-28(4,5)26(32)13-14-29(25,6)22(23)12-16-30(21,31)7/h18-21,24-25H,9-17H2,1-8H3. The monoisotopic (exact) mass is 468 g/mol. The van der Waals surface area contributed by atoms with E-state index in [0.29, 0.717) is 29.5 Å². The third-order valence-electron chi connectivity index (χ3n) is 12.6. The van der Waals surface area contributed by atoms with Gasteiger partial charge in [-0.05, 0) is 91.3 Å². The molecule has 1 saturated heterocycles. The maximum absolute atomic E-state index is 12.8. The fourth-order valence-electron chi connectivity index (χ4n) is 10.1. The lowest BCUT2D eigenvalue weighted by Crippen LogP contribution is -2.54. The van der Waals surface area contributed by atoms with Crippen LogP contribution in [0.15, 0.2) is 11.1 Å². The number of ketones is 1. The van der Waals surface area contributed by atoms with Crippen molar-refractivity contribution in [1.29, 1.82) is 0 Å². The van der Waals surface area contributed by atoms with Gasteiger partial charge in [0.25, 0.3) is 0 Å². The normalized spacial score (nSPS) is 46.7. The Morgan fingerprint density at radius 2 is 1.56 bits per heavy atom. The number of esters is 1. The smallest absolute Gasteiger partial charge is 0.309 e. The highest BCUT2D eigenvalue weighted by molar-refractivity contribution is 5.85. The molecule has 0 radical (unpaired) electrons. The van der Waals surface area contributed by atoms with Crippen LogP contribution in [0.2, 0.25) is 0 Å². The zero-order valence-electron chi connectivity index (χ0n) is 23.1. The summed E-state index contributed by atoms with van der Waals surface area (Å²) in [5.74, 6) is 2.44. The third-order valence-corrected chi connectivity index (χ3v) is 12.6. The second kappa shape index (κ2) is 7.69. The highest BCUT2D eigenvalue weighted by Gasteiger charge is 2.64. The average molecular weight is 469 g/mol. The highest BCUT2D eigenvalue weighted by atomic mass is 16.6. The lowest BCUT2D eigenvalue weighted by atomic mass is 9.43. The van der Waals surface area contributed by atoms with E-state index in [4.69, 9.17) is 4.74 Å². The number of cyclic esters (lactones) is 1. The van der Waals surface area contributed by atoms with Gasteiger partial charge in [0.2, 0.25) is 0 Å². The van der Waals surface area contributed by atoms with Gasteiger partial charge in [0.1, 0.15) is 11.9 Å². The van der Waals surface area contributed by atoms with Crippen LogP contribution in [0, 0.1) is 51.2 Å². The number of Topliss-reactive ketones (excluding diaryl/α,β-unsaturated/α-hetero) is 1. The molecule has 8 unspecified atom stereocenters. The van der Waals surface area contributed by atoms with Gasteiger partial charge in [0.15, 0.2) is 0 Å². The van der Waals surface area contributed by atoms with E-state index >= 15 is 0 Å². The summed E-state index contributed by atoms with van der Waals surface area (Å²) < 4.78 is 6.01. The van der Waals surface area contributed by atoms with Crippen molar-refractivity contribution in [3.63, 3.8) is 0 Å². The summed E-state index contributed by atoms with van der Waals surface area (Å²) in [5, 5.41) is 0. The van der Waals surface area contributed by atoms with E-state index in [2.05, 4.69) is 55.4 Å². The minimum atomic E-state index is -0.195. The van der Waals surface area contributed by atoms with E-state index in [1.54, 1.807) is 11.1 Å². The van der Waals surface area contributed by atoms with Crippen molar-refractivity contribution in [2.24, 2.45) is 51.2 Å². The van der Waals surface area contributed by atoms with Crippen molar-refractivity contribution in [2.75, 3.05) is 0 Å². The number of hydrogen-bond acceptors (Lipinski definition) is 3. The number of ether oxygens (including phenoxy) is 1. The van der Waals surface area contributed by atoms with Crippen LogP contribution in [0.4, 0.5) is 0 Å². The summed E-state index contributed by atoms with van der Waals surface area (Å²) in [4.78, 5) is 25.4. The number of hydrogen-bond donors (Lipinski definition) is 0. The van der Waals surface area contributed by atoms with Crippen molar-refractivity contribution >= 4 is 11.8 Å². The van der Waals surface area contributed by atoms with Crippen LogP contribution in [0.5, 0.6) is 0 Å². The van der Waals surface area contributed by atoms with Gasteiger partial charge in [-0.1, -0.05) is 66.5 Å². The SMILES string of the molecule is CC(C)C1CC(C(C)C2CCC3(C)C4=C(CCC23C)C2(C)CCC(=O)C(C)(C)C2CC4)OC1=O. The number of rotatable bonds is 3. The molecule has 4 aliphatic carbocycles. The summed E-state index contributed by atoms with van der Waals surface area (Å²) in [7, 11) is 0. The molecule has 3 heteroatoms. The molecule has 1 heterocycles. The Balaban J connectivity index is 1.46. The molecule has 3 nitrogen and oxygen atoms in total. The molecule has 0 N–H and O–H groups in total. The first-order valence-electron chi connectivity index (χ1n) is 14.2. The molecular formula is C31H48O3. The topological polar surface area (TPSA) is 43.4 Å². The molecule has 0 spiro atoms. The molecular weight excluding hydrogens is 420 g/mol. The molecule has 2 saturated carbocycles. The molecule has 0 aromatic rings. The van der Waals surface area contributed by atoms with E-state index < -0.39 is 0 Å². The highest BCUT2D eigenvalue weighted by Crippen LogP contribution is 2.72. The Bertz CT molecular complexity index is 927. The molecule has 5 aliphatic rings. The molecule has 5 rings (SSSR count). The Morgan fingerprint density at radius 1 is 0.853 bits per heavy atom. The Labute approximate surface area is 207 Å². The minimum absolute atomic E-state index is 0.0344. The van der Waals surface area contributed by atoms with Crippen molar-refractivity contribution in [1.82, 2.24) is 0 Å². The summed E-state index contributed by atoms with van der Waals surface area (Å²) in [5.41, 5.74) is 3.99. The number of carbonyl (C=O) groups is 2. The van der Waals surface area contributed by atoms with Crippen LogP contribution in [-0.4, -0.2) is 17.9 Å². The second-order valence-corrected chi connectivity index (χ2v) is 14.4. The lowest BCUT2D eigenvalue weighted by Gasteiger charge is -2.61. The summed E-state index contributed by atoms with van der Waals surface area (Å²) in [6.07, 6.45) is 10.0. The van der Waals surface area contributed by atoms with Gasteiger partial charge in [-0.3, -0.25) is 9.59 Å². The molecule has 1 aliphatic heterocycles. The van der Waals surface area contributed by atoms with E-state index in [-0.39, 0.29) is 39.7 Å². The fraction of sp³-hybridized carbons (Fsp3) is 0.871. The Morgan fingerprint density at radius 3 is 2.21 bits per heavy atom. The zero-order chi connectivity index (χ0) is 24.8. The van der Waals surface area contributed by atoms with Crippen LogP contribution in [0.25, 0.3) is 0 Å². The summed E-state index contributed by atoms with van der Waals surface area (Å²) >= 11 is 0. The Hall–Kier alpha value is -1.12. The van der Waals surface area contributed by atoms with Gasteiger partial charge in [-0.15, -0.1) is 0 Å². The molecule has 0 aromatic heterocycles. The average Bonchev–Trinajstić information content (AvgIpc) is 3.28. The summed E-state index contributed by atoms with van der Waals surface area (Å²) in [6.45, 7) is 18.8. The second-order valence-electron chi connectivity index (χ2n) is 14.4. The molecule has 8 atom stereocenters. The van der Waals surface area contributed by atoms with E-state index in [1.807, 2.05) is 0 Å². The van der Waals surface area contributed by atoms with Crippen molar-refractivity contribution in [3.8, 4) is 0 Å². The maximum Gasteiger partial charge on any atom is 0.309 e. The minimum Gasteiger partial charge on any atom is -0.462 e. The maximum atomic E-state index is 12.8. The molecule has 0 amide bonds. The van der Waals surface area contributed by atoms with Crippen LogP contribution >= 0.6 is 0 Å². The van der Waals surface area contributed by atoms with Crippen LogP contribution < -0.4 is 0 Å². The van der Waals surface area contributed by atoms with Gasteiger partial charge >= 0.3 is 5.97 Å². The quantitative estimate of drug-likeness (QED) is 0.317. The number of carbonyl (C=O) groups excluding carboxylic acids is 2. The summed E-state index contributed by atoms with van der Waals surface area (Å²) in [6, 6.07) is 0. The van der Waals surface area contributed by atoms with Crippen molar-refractivity contribution < 1.29 is 14.3 Å². The van der Waals surface area contributed by atoms with Crippen molar-refractivity contribution in [3.05, 3.63) is 11.1 Å². The predicted octanol–water partition coefficient (Wildman–Crippen LogP) is 7.53. The van der Waals surface area contributed by atoms with Crippen LogP contribution in [0.1, 0.15) is 113 Å². The first-order chi connectivity index (χ1) is 15.8. The first kappa shape index (κ1) is 24.6. The van der Waals surface area contributed by atoms with Gasteiger partial charge in [-0.2, -0.15) is 0 Å². The predicted molar refractivity (Wildman–Crippen MR) is 136 cm³/mol. The largest absolute Gasteiger partial charge is 0.462 e. The van der Waals surface area contributed by atoms with Crippen molar-refractivity contribution in [2.45, 2.75) is 119 Å². The van der Waals surface area contributed by atoms with E-state index in [1.165, 1.54) is 32.1 Å². The van der Waals surface area contributed by atoms with Crippen LogP contribution in [0.3, 0.4) is 0 Å². The fourth-order valence-corrected chi connectivity index (χ4v) is 10.1. The first-order valence-corrected chi connectivity index (χ1v) is 14.2. The molecule has 34 heavy (non-hydrogen) atoms. The lowest BCUT2D eigenvalue weighted by molar-refractivity contribution is -0.148. The number of fused-ring (bicyclic) bond motifs is 4. The molecule has 0 aromatic carbocycles. The van der Waals surface area contributed by atoms with Gasteiger partial charge in [-0.25, -0.2) is 0 Å². The number of allylic oxidation sites excluding steroid dienone is 2. The molecule has 3 fully saturated rings. The zero-order valence-corrected chi connectivity index (χ0v) is 23.1. The third kappa shape index (κ3) is 3.06. The Kier molecular flexibility index (Phi) is 5.56. The van der Waals surface area contributed by atoms with Gasteiger partial charge < -0.3 is 4.74 Å². The van der Waals surface area contributed by atoms with Gasteiger partial charge in [0.05, 0.1) is 5.92 Å².